The quantitative estimate of drug-likeness (QED) is 0.578. The molecule has 2 heterocycles. The lowest BCUT2D eigenvalue weighted by Gasteiger charge is -2.48. The molecule has 0 unspecified atom stereocenters. The summed E-state index contributed by atoms with van der Waals surface area (Å²) in [5.74, 6) is 1.12. The minimum atomic E-state index is 0.822. The van der Waals surface area contributed by atoms with E-state index in [0.29, 0.717) is 0 Å². The Balaban J connectivity index is 1.79. The zero-order valence-electron chi connectivity index (χ0n) is 6.40. The highest BCUT2D eigenvalue weighted by molar-refractivity contribution is 5.10. The lowest BCUT2D eigenvalue weighted by atomic mass is 9.56. The second kappa shape index (κ2) is 1.58. The van der Waals surface area contributed by atoms with Gasteiger partial charge in [-0.3, -0.25) is 0 Å². The standard InChI is InChI=1S/C9H15N/c1-2-7(3-1)9-4-8(5-9)10-6-9/h7-8,10H,1-6H2. The first-order valence-corrected chi connectivity index (χ1v) is 4.62. The van der Waals surface area contributed by atoms with E-state index in [4.69, 9.17) is 0 Å². The second-order valence-electron chi connectivity index (χ2n) is 4.48. The molecule has 0 amide bonds. The SMILES string of the molecule is C1CC(C23CNC(C2)C3)C1. The number of hydrogen-bond donors (Lipinski definition) is 1. The van der Waals surface area contributed by atoms with E-state index in [0.717, 1.165) is 17.4 Å². The molecule has 2 aliphatic heterocycles. The summed E-state index contributed by atoms with van der Waals surface area (Å²) in [6.07, 6.45) is 7.61. The van der Waals surface area contributed by atoms with Gasteiger partial charge in [-0.15, -0.1) is 0 Å². The van der Waals surface area contributed by atoms with Crippen LogP contribution in [0.2, 0.25) is 0 Å². The molecule has 0 radical (unpaired) electrons. The minimum absolute atomic E-state index is 0.822. The van der Waals surface area contributed by atoms with E-state index in [1.165, 1.54) is 38.6 Å². The maximum Gasteiger partial charge on any atom is 0.00790 e. The molecule has 2 saturated heterocycles. The molecule has 4 rings (SSSR count). The fraction of sp³-hybridized carbons (Fsp3) is 1.00. The summed E-state index contributed by atoms with van der Waals surface area (Å²) in [7, 11) is 0. The van der Waals surface area contributed by atoms with Gasteiger partial charge in [0.25, 0.3) is 0 Å². The number of hydrogen-bond acceptors (Lipinski definition) is 1. The molecule has 4 aliphatic rings. The average Bonchev–Trinajstić information content (AvgIpc) is 2.13. The van der Waals surface area contributed by atoms with Gasteiger partial charge in [-0.05, 0) is 37.0 Å². The zero-order valence-corrected chi connectivity index (χ0v) is 6.40. The van der Waals surface area contributed by atoms with Crippen LogP contribution in [0.5, 0.6) is 0 Å². The lowest BCUT2D eigenvalue weighted by molar-refractivity contribution is 0.0449. The lowest BCUT2D eigenvalue weighted by Crippen LogP contribution is -2.42. The van der Waals surface area contributed by atoms with Crippen molar-refractivity contribution in [3.05, 3.63) is 0 Å². The van der Waals surface area contributed by atoms with Crippen LogP contribution in [0.15, 0.2) is 0 Å². The largest absolute Gasteiger partial charge is 0.313 e. The summed E-state index contributed by atoms with van der Waals surface area (Å²) >= 11 is 0. The summed E-state index contributed by atoms with van der Waals surface area (Å²) in [4.78, 5) is 0. The maximum absolute atomic E-state index is 3.58. The molecule has 0 spiro atoms. The van der Waals surface area contributed by atoms with Crippen LogP contribution >= 0.6 is 0 Å². The fourth-order valence-electron chi connectivity index (χ4n) is 3.06. The number of nitrogens with one attached hydrogen (secondary N) is 1. The van der Waals surface area contributed by atoms with Crippen LogP contribution in [-0.2, 0) is 0 Å². The van der Waals surface area contributed by atoms with E-state index in [9.17, 15) is 0 Å². The van der Waals surface area contributed by atoms with Gasteiger partial charge in [-0.25, -0.2) is 0 Å². The summed E-state index contributed by atoms with van der Waals surface area (Å²) in [5.41, 5.74) is 0.822. The average molecular weight is 137 g/mol. The van der Waals surface area contributed by atoms with Gasteiger partial charge in [-0.1, -0.05) is 6.42 Å². The third kappa shape index (κ3) is 0.493. The summed E-state index contributed by atoms with van der Waals surface area (Å²) in [5, 5.41) is 3.58. The zero-order chi connectivity index (χ0) is 6.60. The molecule has 56 valence electrons. The van der Waals surface area contributed by atoms with E-state index in [-0.39, 0.29) is 0 Å². The topological polar surface area (TPSA) is 12.0 Å². The van der Waals surface area contributed by atoms with Crippen molar-refractivity contribution in [3.8, 4) is 0 Å². The highest BCUT2D eigenvalue weighted by Crippen LogP contribution is 2.57. The van der Waals surface area contributed by atoms with Crippen molar-refractivity contribution >= 4 is 0 Å². The second-order valence-corrected chi connectivity index (χ2v) is 4.48. The molecule has 4 fully saturated rings. The highest BCUT2D eigenvalue weighted by atomic mass is 15.0. The monoisotopic (exact) mass is 137 g/mol. The molecule has 0 aromatic heterocycles. The summed E-state index contributed by atoms with van der Waals surface area (Å²) in [6.45, 7) is 1.35. The van der Waals surface area contributed by atoms with Crippen molar-refractivity contribution in [2.75, 3.05) is 6.54 Å². The molecule has 0 atom stereocenters. The van der Waals surface area contributed by atoms with Crippen LogP contribution in [-0.4, -0.2) is 12.6 Å². The van der Waals surface area contributed by atoms with Gasteiger partial charge < -0.3 is 5.32 Å². The van der Waals surface area contributed by atoms with Crippen LogP contribution in [0.3, 0.4) is 0 Å². The van der Waals surface area contributed by atoms with Crippen molar-refractivity contribution in [2.24, 2.45) is 11.3 Å². The number of rotatable bonds is 1. The molecule has 10 heavy (non-hydrogen) atoms. The van der Waals surface area contributed by atoms with Crippen molar-refractivity contribution in [1.29, 1.82) is 0 Å². The predicted octanol–water partition coefficient (Wildman–Crippen LogP) is 1.54. The smallest absolute Gasteiger partial charge is 0.00790 e. The molecule has 1 N–H and O–H groups in total. The third-order valence-electron chi connectivity index (χ3n) is 4.02. The van der Waals surface area contributed by atoms with Gasteiger partial charge in [-0.2, -0.15) is 0 Å². The molecule has 0 aromatic rings. The highest BCUT2D eigenvalue weighted by Gasteiger charge is 2.55. The van der Waals surface area contributed by atoms with Gasteiger partial charge in [0.15, 0.2) is 0 Å². The Morgan fingerprint density at radius 2 is 2.00 bits per heavy atom. The van der Waals surface area contributed by atoms with Gasteiger partial charge in [0, 0.05) is 12.6 Å². The van der Waals surface area contributed by atoms with Crippen LogP contribution in [0, 0.1) is 11.3 Å². The molecule has 1 nitrogen and oxygen atoms in total. The van der Waals surface area contributed by atoms with Crippen LogP contribution in [0.4, 0.5) is 0 Å². The molecule has 2 saturated carbocycles. The van der Waals surface area contributed by atoms with Gasteiger partial charge in [0.1, 0.15) is 0 Å². The predicted molar refractivity (Wildman–Crippen MR) is 40.8 cm³/mol. The Morgan fingerprint density at radius 1 is 1.20 bits per heavy atom. The van der Waals surface area contributed by atoms with E-state index in [1.54, 1.807) is 0 Å². The first-order chi connectivity index (χ1) is 4.89. The van der Waals surface area contributed by atoms with E-state index >= 15 is 0 Å². The first-order valence-electron chi connectivity index (χ1n) is 4.62. The number of fused-ring (bicyclic) bond motifs is 1. The van der Waals surface area contributed by atoms with Crippen molar-refractivity contribution in [2.45, 2.75) is 38.1 Å². The maximum atomic E-state index is 3.58. The van der Waals surface area contributed by atoms with E-state index < -0.39 is 0 Å². The van der Waals surface area contributed by atoms with Crippen molar-refractivity contribution in [1.82, 2.24) is 5.32 Å². The van der Waals surface area contributed by atoms with Crippen molar-refractivity contribution < 1.29 is 0 Å². The van der Waals surface area contributed by atoms with Gasteiger partial charge in [0.2, 0.25) is 0 Å². The Kier molecular flexibility index (Phi) is 0.883. The normalized spacial score (nSPS) is 52.2. The molecular weight excluding hydrogens is 122 g/mol. The molecule has 0 aromatic carbocycles. The van der Waals surface area contributed by atoms with Gasteiger partial charge in [0.05, 0.1) is 0 Å². The Morgan fingerprint density at radius 3 is 2.40 bits per heavy atom. The minimum Gasteiger partial charge on any atom is -0.313 e. The Hall–Kier alpha value is -0.0400. The Bertz CT molecular complexity index is 149. The van der Waals surface area contributed by atoms with Crippen molar-refractivity contribution in [3.63, 3.8) is 0 Å². The third-order valence-corrected chi connectivity index (χ3v) is 4.02. The van der Waals surface area contributed by atoms with Crippen LogP contribution in [0.25, 0.3) is 0 Å². The molecule has 2 aliphatic carbocycles. The molecule has 2 bridgehead atoms. The summed E-state index contributed by atoms with van der Waals surface area (Å²) < 4.78 is 0. The van der Waals surface area contributed by atoms with E-state index in [2.05, 4.69) is 5.32 Å². The molecular formula is C9H15N. The molecule has 1 heteroatoms. The first kappa shape index (κ1) is 5.59. The van der Waals surface area contributed by atoms with E-state index in [1.807, 2.05) is 0 Å². The van der Waals surface area contributed by atoms with Crippen LogP contribution in [0.1, 0.15) is 32.1 Å². The fourth-order valence-corrected chi connectivity index (χ4v) is 3.06. The summed E-state index contributed by atoms with van der Waals surface area (Å²) in [6, 6.07) is 0.931. The Labute approximate surface area is 62.2 Å². The van der Waals surface area contributed by atoms with Gasteiger partial charge >= 0.3 is 0 Å². The van der Waals surface area contributed by atoms with Crippen LogP contribution < -0.4 is 5.32 Å².